The predicted octanol–water partition coefficient (Wildman–Crippen LogP) is 2.15. The monoisotopic (exact) mass is 207 g/mol. The quantitative estimate of drug-likeness (QED) is 0.713. The molecule has 0 aliphatic carbocycles. The molecule has 0 aromatic carbocycles. The largest absolute Gasteiger partial charge is 0.417 e. The summed E-state index contributed by atoms with van der Waals surface area (Å²) in [5.41, 5.74) is -0.125. The Kier molecular flexibility index (Phi) is 3.13. The van der Waals surface area contributed by atoms with E-state index < -0.39 is 6.61 Å². The molecule has 70 valence electrons. The molecule has 6 heteroatoms. The second-order valence-electron chi connectivity index (χ2n) is 2.01. The smallest absolute Gasteiger partial charge is 0.388 e. The van der Waals surface area contributed by atoms with Gasteiger partial charge >= 0.3 is 6.61 Å². The van der Waals surface area contributed by atoms with Crippen molar-refractivity contribution in [3.05, 3.63) is 22.8 Å². The van der Waals surface area contributed by atoms with Crippen LogP contribution in [0.5, 0.6) is 5.88 Å². The molecule has 0 atom stereocenters. The van der Waals surface area contributed by atoms with Gasteiger partial charge in [0, 0.05) is 6.07 Å². The first kappa shape index (κ1) is 9.85. The molecule has 0 spiro atoms. The van der Waals surface area contributed by atoms with Crippen LogP contribution in [0.3, 0.4) is 0 Å². The summed E-state index contributed by atoms with van der Waals surface area (Å²) in [6.07, 6.45) is 0.362. The Morgan fingerprint density at radius 2 is 2.23 bits per heavy atom. The van der Waals surface area contributed by atoms with Gasteiger partial charge in [-0.1, -0.05) is 11.6 Å². The van der Waals surface area contributed by atoms with E-state index in [0.717, 1.165) is 6.07 Å². The van der Waals surface area contributed by atoms with Gasteiger partial charge in [0.25, 0.3) is 0 Å². The van der Waals surface area contributed by atoms with E-state index in [0.29, 0.717) is 6.29 Å². The average molecular weight is 208 g/mol. The number of carbonyl (C=O) groups is 1. The molecule has 3 nitrogen and oxygen atoms in total. The van der Waals surface area contributed by atoms with Gasteiger partial charge in [-0.15, -0.1) is 0 Å². The number of ether oxygens (including phenoxy) is 1. The summed E-state index contributed by atoms with van der Waals surface area (Å²) in [4.78, 5) is 13.7. The van der Waals surface area contributed by atoms with E-state index in [-0.39, 0.29) is 16.6 Å². The van der Waals surface area contributed by atoms with E-state index in [2.05, 4.69) is 9.72 Å². The third-order valence-corrected chi connectivity index (χ3v) is 1.49. The van der Waals surface area contributed by atoms with Crippen LogP contribution >= 0.6 is 11.6 Å². The van der Waals surface area contributed by atoms with Crippen molar-refractivity contribution in [2.24, 2.45) is 0 Å². The Labute approximate surface area is 77.3 Å². The van der Waals surface area contributed by atoms with Crippen molar-refractivity contribution in [1.29, 1.82) is 0 Å². The summed E-state index contributed by atoms with van der Waals surface area (Å²) in [6, 6.07) is 2.41. The Balaban J connectivity index is 2.92. The maximum atomic E-state index is 11.7. The number of carbonyl (C=O) groups excluding carboxylic acids is 1. The molecular formula is C7H4ClF2NO2. The van der Waals surface area contributed by atoms with E-state index in [1.165, 1.54) is 6.07 Å². The second-order valence-corrected chi connectivity index (χ2v) is 2.42. The summed E-state index contributed by atoms with van der Waals surface area (Å²) < 4.78 is 27.3. The zero-order valence-corrected chi connectivity index (χ0v) is 6.96. The molecule has 0 fully saturated rings. The summed E-state index contributed by atoms with van der Waals surface area (Å²) in [6.45, 7) is -2.96. The molecule has 13 heavy (non-hydrogen) atoms. The Morgan fingerprint density at radius 3 is 2.77 bits per heavy atom. The van der Waals surface area contributed by atoms with Gasteiger partial charge in [0.15, 0.2) is 6.29 Å². The first-order valence-electron chi connectivity index (χ1n) is 3.20. The minimum atomic E-state index is -2.96. The number of nitrogens with zero attached hydrogens (tertiary/aromatic N) is 1. The van der Waals surface area contributed by atoms with Gasteiger partial charge in [0.2, 0.25) is 5.88 Å². The van der Waals surface area contributed by atoms with Crippen LogP contribution in [-0.4, -0.2) is 17.9 Å². The maximum Gasteiger partial charge on any atom is 0.388 e. The van der Waals surface area contributed by atoms with Gasteiger partial charge in [0.1, 0.15) is 5.69 Å². The number of alkyl halides is 2. The SMILES string of the molecule is O=Cc1nc(OC(F)F)ccc1Cl. The highest BCUT2D eigenvalue weighted by molar-refractivity contribution is 6.32. The molecule has 0 saturated carbocycles. The molecule has 0 aliphatic rings. The lowest BCUT2D eigenvalue weighted by Gasteiger charge is -2.03. The molecule has 0 saturated heterocycles. The van der Waals surface area contributed by atoms with Gasteiger partial charge in [-0.2, -0.15) is 8.78 Å². The van der Waals surface area contributed by atoms with Crippen LogP contribution < -0.4 is 4.74 Å². The van der Waals surface area contributed by atoms with Gasteiger partial charge in [-0.25, -0.2) is 4.98 Å². The van der Waals surface area contributed by atoms with Crippen molar-refractivity contribution in [2.45, 2.75) is 6.61 Å². The average Bonchev–Trinajstić information content (AvgIpc) is 2.07. The fourth-order valence-corrected chi connectivity index (χ4v) is 0.829. The summed E-state index contributed by atoms with van der Waals surface area (Å²) in [7, 11) is 0. The van der Waals surface area contributed by atoms with Crippen LogP contribution in [0.4, 0.5) is 8.78 Å². The number of pyridine rings is 1. The molecule has 0 bridgehead atoms. The molecule has 0 N–H and O–H groups in total. The molecule has 1 aromatic rings. The number of rotatable bonds is 3. The molecule has 0 amide bonds. The van der Waals surface area contributed by atoms with E-state index in [1.54, 1.807) is 0 Å². The number of aldehydes is 1. The third kappa shape index (κ3) is 2.62. The van der Waals surface area contributed by atoms with E-state index in [4.69, 9.17) is 11.6 Å². The summed E-state index contributed by atoms with van der Waals surface area (Å²) >= 11 is 5.50. The minimum Gasteiger partial charge on any atom is -0.417 e. The van der Waals surface area contributed by atoms with Crippen molar-refractivity contribution >= 4 is 17.9 Å². The predicted molar refractivity (Wildman–Crippen MR) is 41.3 cm³/mol. The highest BCUT2D eigenvalue weighted by Crippen LogP contribution is 2.17. The van der Waals surface area contributed by atoms with Crippen molar-refractivity contribution in [2.75, 3.05) is 0 Å². The van der Waals surface area contributed by atoms with Crippen LogP contribution in [0.1, 0.15) is 10.5 Å². The van der Waals surface area contributed by atoms with Crippen molar-refractivity contribution in [3.63, 3.8) is 0 Å². The van der Waals surface area contributed by atoms with Crippen LogP contribution in [0, 0.1) is 0 Å². The van der Waals surface area contributed by atoms with Gasteiger partial charge in [0.05, 0.1) is 5.02 Å². The lowest BCUT2D eigenvalue weighted by molar-refractivity contribution is -0.0529. The third-order valence-electron chi connectivity index (χ3n) is 1.17. The second kappa shape index (κ2) is 4.13. The number of aromatic nitrogens is 1. The van der Waals surface area contributed by atoms with Crippen LogP contribution in [0.2, 0.25) is 5.02 Å². The van der Waals surface area contributed by atoms with E-state index >= 15 is 0 Å². The Bertz CT molecular complexity index is 319. The fraction of sp³-hybridized carbons (Fsp3) is 0.143. The molecule has 1 rings (SSSR count). The van der Waals surface area contributed by atoms with Crippen molar-refractivity contribution in [3.8, 4) is 5.88 Å². The number of hydrogen-bond donors (Lipinski definition) is 0. The van der Waals surface area contributed by atoms with Crippen molar-refractivity contribution in [1.82, 2.24) is 4.98 Å². The molecule has 1 heterocycles. The molecule has 0 unspecified atom stereocenters. The number of hydrogen-bond acceptors (Lipinski definition) is 3. The van der Waals surface area contributed by atoms with Crippen LogP contribution in [0.25, 0.3) is 0 Å². The molecule has 0 aliphatic heterocycles. The highest BCUT2D eigenvalue weighted by Gasteiger charge is 2.08. The Morgan fingerprint density at radius 1 is 1.54 bits per heavy atom. The summed E-state index contributed by atoms with van der Waals surface area (Å²) in [5.74, 6) is -0.332. The van der Waals surface area contributed by atoms with E-state index in [9.17, 15) is 13.6 Å². The van der Waals surface area contributed by atoms with Crippen LogP contribution in [-0.2, 0) is 0 Å². The normalized spacial score (nSPS) is 10.2. The highest BCUT2D eigenvalue weighted by atomic mass is 35.5. The topological polar surface area (TPSA) is 39.2 Å². The van der Waals surface area contributed by atoms with Crippen molar-refractivity contribution < 1.29 is 18.3 Å². The zero-order chi connectivity index (χ0) is 9.84. The zero-order valence-electron chi connectivity index (χ0n) is 6.21. The van der Waals surface area contributed by atoms with Gasteiger partial charge in [-0.05, 0) is 6.07 Å². The lowest BCUT2D eigenvalue weighted by atomic mass is 10.4. The maximum absolute atomic E-state index is 11.7. The number of halogens is 3. The fourth-order valence-electron chi connectivity index (χ4n) is 0.679. The summed E-state index contributed by atoms with van der Waals surface area (Å²) in [5, 5.41) is 0.0941. The molecular weight excluding hydrogens is 204 g/mol. The minimum absolute atomic E-state index is 0.0941. The lowest BCUT2D eigenvalue weighted by Crippen LogP contribution is -2.04. The standard InChI is InChI=1S/C7H4ClF2NO2/c8-4-1-2-6(13-7(9)10)11-5(4)3-12/h1-3,7H. The van der Waals surface area contributed by atoms with Gasteiger partial charge < -0.3 is 4.74 Å². The first-order valence-corrected chi connectivity index (χ1v) is 3.58. The van der Waals surface area contributed by atoms with E-state index in [1.807, 2.05) is 0 Å². The molecule has 0 radical (unpaired) electrons. The van der Waals surface area contributed by atoms with Gasteiger partial charge in [-0.3, -0.25) is 4.79 Å². The molecule has 1 aromatic heterocycles. The Hall–Kier alpha value is -1.23. The first-order chi connectivity index (χ1) is 6.13. The van der Waals surface area contributed by atoms with Crippen LogP contribution in [0.15, 0.2) is 12.1 Å².